The van der Waals surface area contributed by atoms with Gasteiger partial charge in [-0.15, -0.1) is 10.2 Å². The van der Waals surface area contributed by atoms with Crippen LogP contribution in [0.1, 0.15) is 0 Å². The maximum atomic E-state index is 11.9. The number of fused-ring (bicyclic) bond motifs is 1. The molecule has 191 valence electrons. The van der Waals surface area contributed by atoms with Crippen molar-refractivity contribution in [3.05, 3.63) is 72.8 Å². The topological polar surface area (TPSA) is 192 Å². The first-order valence-electron chi connectivity index (χ1n) is 9.72. The van der Waals surface area contributed by atoms with Crippen molar-refractivity contribution in [3.63, 3.8) is 0 Å². The molecule has 0 aromatic heterocycles. The molecule has 0 saturated heterocycles. The Morgan fingerprint density at radius 2 is 1.39 bits per heavy atom. The molecule has 0 spiro atoms. The summed E-state index contributed by atoms with van der Waals surface area (Å²) in [7, 11) is -10.0. The van der Waals surface area contributed by atoms with Gasteiger partial charge in [-0.05, 0) is 60.0 Å². The summed E-state index contributed by atoms with van der Waals surface area (Å²) in [4.78, 5) is -1.61. The van der Waals surface area contributed by atoms with Gasteiger partial charge in [0.1, 0.15) is 37.4 Å². The molecule has 4 aromatic carbocycles. The molecule has 0 aliphatic carbocycles. The van der Waals surface area contributed by atoms with E-state index in [1.54, 1.807) is 18.2 Å². The zero-order valence-electron chi connectivity index (χ0n) is 19.8. The van der Waals surface area contributed by atoms with Crippen molar-refractivity contribution in [2.75, 3.05) is 5.32 Å². The van der Waals surface area contributed by atoms with Crippen LogP contribution in [0.3, 0.4) is 0 Å². The summed E-state index contributed by atoms with van der Waals surface area (Å²) >= 11 is 0. The molecule has 0 saturated carbocycles. The summed E-state index contributed by atoms with van der Waals surface area (Å²) in [6, 6.07) is 17.1. The van der Waals surface area contributed by atoms with Gasteiger partial charge in [-0.2, -0.15) is 0 Å². The predicted octanol–water partition coefficient (Wildman–Crippen LogP) is -1.78. The van der Waals surface area contributed by atoms with Crippen LogP contribution in [-0.4, -0.2) is 36.2 Å². The number of anilines is 2. The van der Waals surface area contributed by atoms with Crippen molar-refractivity contribution < 1.29 is 112 Å². The standard InChI is InChI=1S/C22H17N3O8S2.Cu.2Na/c26-19-9-7-16(34(28,29)30)12-18(19)24-25-21-20(35(31,32)33)11-13-10-15(6-8-17(13)22(21)27)23-14-4-2-1-3-5-14;;;/h1-12,23,26-27H,(H,28,29,30)(H,31,32,33);;;/q;;2*+1/p-2. The Morgan fingerprint density at radius 1 is 0.737 bits per heavy atom. The Kier molecular flexibility index (Phi) is 12.4. The minimum atomic E-state index is -5.16. The number of para-hydroxylation sites is 1. The van der Waals surface area contributed by atoms with E-state index in [1.807, 2.05) is 18.2 Å². The molecule has 4 aromatic rings. The van der Waals surface area contributed by atoms with Gasteiger partial charge in [0.25, 0.3) is 0 Å². The molecule has 38 heavy (non-hydrogen) atoms. The van der Waals surface area contributed by atoms with E-state index in [0.29, 0.717) is 11.8 Å². The van der Waals surface area contributed by atoms with E-state index in [-0.39, 0.29) is 87.0 Å². The summed E-state index contributed by atoms with van der Waals surface area (Å²) in [6.45, 7) is 0. The number of nitrogens with one attached hydrogen (secondary N) is 1. The fourth-order valence-electron chi connectivity index (χ4n) is 3.25. The summed E-state index contributed by atoms with van der Waals surface area (Å²) in [5.41, 5.74) is 0.0803. The van der Waals surface area contributed by atoms with Gasteiger partial charge in [-0.3, -0.25) is 0 Å². The minimum absolute atomic E-state index is 0. The molecule has 0 atom stereocenters. The van der Waals surface area contributed by atoms with Crippen molar-refractivity contribution in [2.45, 2.75) is 9.79 Å². The SMILES string of the molecule is O=S(=O)([O-])c1ccc(O)c(N=Nc2c(S(=O)(=O)[O-])cc3cc(Nc4ccccc4)ccc3c2O)c1.[Cu].[Na+].[Na+]. The van der Waals surface area contributed by atoms with Crippen LogP contribution in [0.5, 0.6) is 11.5 Å². The number of aromatic hydroxyl groups is 2. The van der Waals surface area contributed by atoms with Crippen LogP contribution in [0.2, 0.25) is 0 Å². The van der Waals surface area contributed by atoms with Gasteiger partial charge in [0.2, 0.25) is 0 Å². The second-order valence-electron chi connectivity index (χ2n) is 7.26. The molecule has 11 nitrogen and oxygen atoms in total. The Bertz CT molecular complexity index is 1710. The van der Waals surface area contributed by atoms with Gasteiger partial charge in [-0.25, -0.2) is 16.8 Å². The molecule has 0 aliphatic heterocycles. The van der Waals surface area contributed by atoms with E-state index in [1.165, 1.54) is 12.1 Å². The van der Waals surface area contributed by atoms with Crippen LogP contribution in [0.25, 0.3) is 10.8 Å². The van der Waals surface area contributed by atoms with E-state index in [9.17, 15) is 36.2 Å². The summed E-state index contributed by atoms with van der Waals surface area (Å²) < 4.78 is 69.5. The molecule has 3 N–H and O–H groups in total. The van der Waals surface area contributed by atoms with Crippen molar-refractivity contribution >= 4 is 53.8 Å². The quantitative estimate of drug-likeness (QED) is 0.127. The van der Waals surface area contributed by atoms with Crippen molar-refractivity contribution in [3.8, 4) is 11.5 Å². The third-order valence-corrected chi connectivity index (χ3v) is 6.56. The van der Waals surface area contributed by atoms with E-state index in [0.717, 1.165) is 23.9 Å². The van der Waals surface area contributed by atoms with E-state index in [4.69, 9.17) is 0 Å². The van der Waals surface area contributed by atoms with Gasteiger partial charge in [0, 0.05) is 33.8 Å². The van der Waals surface area contributed by atoms with Gasteiger partial charge in [0.05, 0.1) is 9.79 Å². The van der Waals surface area contributed by atoms with Crippen molar-refractivity contribution in [2.24, 2.45) is 10.2 Å². The number of azo groups is 1. The molecular weight excluding hydrogens is 608 g/mol. The Morgan fingerprint density at radius 3 is 2.00 bits per heavy atom. The zero-order chi connectivity index (χ0) is 25.4. The number of rotatable bonds is 6. The molecule has 4 rings (SSSR count). The maximum absolute atomic E-state index is 11.9. The average molecular weight is 623 g/mol. The van der Waals surface area contributed by atoms with Gasteiger partial charge >= 0.3 is 59.1 Å². The van der Waals surface area contributed by atoms with Crippen molar-refractivity contribution in [1.29, 1.82) is 0 Å². The first-order chi connectivity index (χ1) is 16.4. The summed E-state index contributed by atoms with van der Waals surface area (Å²) in [6.07, 6.45) is 0. The number of phenolic OH excluding ortho intramolecular Hbond substituents is 2. The smallest absolute Gasteiger partial charge is 0.744 e. The second-order valence-corrected chi connectivity index (χ2v) is 9.99. The second kappa shape index (κ2) is 13.7. The van der Waals surface area contributed by atoms with Crippen LogP contribution >= 0.6 is 0 Å². The average Bonchev–Trinajstić information content (AvgIpc) is 2.78. The molecule has 1 radical (unpaired) electrons. The molecule has 0 fully saturated rings. The van der Waals surface area contributed by atoms with Crippen LogP contribution < -0.4 is 64.4 Å². The maximum Gasteiger partial charge on any atom is 1.00 e. The molecule has 16 heteroatoms. The molecule has 0 unspecified atom stereocenters. The van der Waals surface area contributed by atoms with Crippen LogP contribution in [0.15, 0.2) is 92.8 Å². The Hall–Kier alpha value is -1.52. The Labute approximate surface area is 272 Å². The number of hydrogen-bond acceptors (Lipinski definition) is 11. The van der Waals surface area contributed by atoms with E-state index < -0.39 is 52.9 Å². The van der Waals surface area contributed by atoms with Gasteiger partial charge in [0.15, 0.2) is 5.75 Å². The normalized spacial score (nSPS) is 11.3. The molecule has 0 amide bonds. The third kappa shape index (κ3) is 8.01. The first-order valence-corrected chi connectivity index (χ1v) is 12.5. The van der Waals surface area contributed by atoms with E-state index in [2.05, 4.69) is 15.5 Å². The van der Waals surface area contributed by atoms with Crippen LogP contribution in [0, 0.1) is 0 Å². The van der Waals surface area contributed by atoms with E-state index >= 15 is 0 Å². The number of hydrogen-bond donors (Lipinski definition) is 3. The predicted molar refractivity (Wildman–Crippen MR) is 124 cm³/mol. The molecule has 0 aliphatic rings. The molecular formula is C22H15CuN3Na2O8S2. The van der Waals surface area contributed by atoms with Gasteiger partial charge < -0.3 is 24.6 Å². The zero-order valence-corrected chi connectivity index (χ0v) is 26.4. The Balaban J connectivity index is 0.00000241. The molecule has 0 bridgehead atoms. The summed E-state index contributed by atoms with van der Waals surface area (Å²) in [5.74, 6) is -1.26. The van der Waals surface area contributed by atoms with Gasteiger partial charge in [-0.1, -0.05) is 18.2 Å². The molecule has 0 heterocycles. The van der Waals surface area contributed by atoms with Crippen LogP contribution in [-0.2, 0) is 37.3 Å². The minimum Gasteiger partial charge on any atom is -0.744 e. The number of benzene rings is 4. The largest absolute Gasteiger partial charge is 1.00 e. The fourth-order valence-corrected chi connectivity index (χ4v) is 4.38. The summed E-state index contributed by atoms with van der Waals surface area (Å²) in [5, 5.41) is 31.2. The van der Waals surface area contributed by atoms with Crippen molar-refractivity contribution in [1.82, 2.24) is 0 Å². The first kappa shape index (κ1) is 34.5. The number of nitrogens with zero attached hydrogens (tertiary/aromatic N) is 2. The number of phenols is 2. The monoisotopic (exact) mass is 622 g/mol. The third-order valence-electron chi connectivity index (χ3n) is 4.88. The fraction of sp³-hybridized carbons (Fsp3) is 0. The van der Waals surface area contributed by atoms with Crippen LogP contribution in [0.4, 0.5) is 22.7 Å².